The lowest BCUT2D eigenvalue weighted by Crippen LogP contribution is -2.21. The highest BCUT2D eigenvalue weighted by molar-refractivity contribution is 6.21. The van der Waals surface area contributed by atoms with Crippen LogP contribution in [0.5, 0.6) is 0 Å². The summed E-state index contributed by atoms with van der Waals surface area (Å²) in [5.41, 5.74) is 0. The SMILES string of the molecule is [2H]C([2H])(OC(=O)CCCCCCCCCCCCCCCCC)C([2H])(Cl)C([2H])([2H])OC(=O)CCCCCCCCCCCCCCCCC. The van der Waals surface area contributed by atoms with Gasteiger partial charge in [0.05, 0.1) is 6.85 Å². The molecule has 0 atom stereocenters. The molecule has 0 radical (unpaired) electrons. The van der Waals surface area contributed by atoms with Crippen molar-refractivity contribution in [1.29, 1.82) is 0 Å². The van der Waals surface area contributed by atoms with Gasteiger partial charge in [-0.25, -0.2) is 0 Å². The molecule has 0 aromatic carbocycles. The van der Waals surface area contributed by atoms with Gasteiger partial charge in [-0.3, -0.25) is 9.59 Å². The van der Waals surface area contributed by atoms with E-state index >= 15 is 0 Å². The summed E-state index contributed by atoms with van der Waals surface area (Å²) in [7, 11) is 0. The van der Waals surface area contributed by atoms with Crippen molar-refractivity contribution < 1.29 is 25.9 Å². The molecule has 5 heteroatoms. The average molecular weight is 649 g/mol. The van der Waals surface area contributed by atoms with Crippen LogP contribution < -0.4 is 0 Å². The molecular weight excluding hydrogens is 568 g/mol. The number of hydrogen-bond acceptors (Lipinski definition) is 4. The van der Waals surface area contributed by atoms with E-state index < -0.39 is 30.4 Å². The first-order valence-corrected chi connectivity index (χ1v) is 19.4. The molecule has 0 unspecified atom stereocenters. The van der Waals surface area contributed by atoms with Gasteiger partial charge in [0.1, 0.15) is 18.5 Å². The van der Waals surface area contributed by atoms with Crippen molar-refractivity contribution in [2.45, 2.75) is 225 Å². The maximum Gasteiger partial charge on any atom is 0.305 e. The molecule has 0 fully saturated rings. The first-order valence-electron chi connectivity index (χ1n) is 21.5. The fourth-order valence-electron chi connectivity index (χ4n) is 5.61. The van der Waals surface area contributed by atoms with E-state index in [2.05, 4.69) is 13.8 Å². The average Bonchev–Trinajstić information content (AvgIpc) is 3.04. The normalized spacial score (nSPS) is 13.9. The lowest BCUT2D eigenvalue weighted by atomic mass is 10.0. The van der Waals surface area contributed by atoms with Gasteiger partial charge in [-0.15, -0.1) is 11.6 Å². The topological polar surface area (TPSA) is 52.6 Å². The number of rotatable bonds is 36. The molecule has 0 aliphatic heterocycles. The second kappa shape index (κ2) is 36.7. The van der Waals surface area contributed by atoms with Gasteiger partial charge in [0.25, 0.3) is 0 Å². The second-order valence-corrected chi connectivity index (χ2v) is 13.2. The summed E-state index contributed by atoms with van der Waals surface area (Å²) in [6.45, 7) is -1.93. The standard InChI is InChI=1S/C39H75ClO4/c1-3-5-7-9-11-13-15-17-19-21-23-25-27-29-31-33-38(41)43-35-37(40)36-44-39(42)34-32-30-28-26-24-22-20-18-16-14-12-10-8-6-4-2/h37H,3-36H2,1-2H3/i35D2,36D2,37D. The number of carbonyl (C=O) groups is 2. The summed E-state index contributed by atoms with van der Waals surface area (Å²) in [6.07, 6.45) is 35.5. The smallest absolute Gasteiger partial charge is 0.305 e. The van der Waals surface area contributed by atoms with Gasteiger partial charge in [0, 0.05) is 12.8 Å². The van der Waals surface area contributed by atoms with Crippen LogP contribution in [0.1, 0.15) is 226 Å². The van der Waals surface area contributed by atoms with E-state index in [1.165, 1.54) is 141 Å². The first-order chi connectivity index (χ1) is 23.4. The molecule has 0 N–H and O–H groups in total. The van der Waals surface area contributed by atoms with E-state index in [1.54, 1.807) is 0 Å². The predicted octanol–water partition coefficient (Wildman–Crippen LogP) is 13.2. The number of unbranched alkanes of at least 4 members (excludes halogenated alkanes) is 28. The summed E-state index contributed by atoms with van der Waals surface area (Å²) in [5.74, 6) is -1.78. The van der Waals surface area contributed by atoms with Crippen LogP contribution in [-0.4, -0.2) is 30.4 Å². The minimum absolute atomic E-state index is 0.0489. The Morgan fingerprint density at radius 3 is 0.886 bits per heavy atom. The minimum Gasteiger partial charge on any atom is -0.464 e. The van der Waals surface area contributed by atoms with Crippen LogP contribution in [-0.2, 0) is 19.1 Å². The van der Waals surface area contributed by atoms with E-state index in [-0.39, 0.29) is 12.8 Å². The zero-order chi connectivity index (χ0) is 36.7. The third-order valence-corrected chi connectivity index (χ3v) is 8.63. The number of hydrogen-bond donors (Lipinski definition) is 0. The maximum absolute atomic E-state index is 12.3. The Kier molecular flexibility index (Phi) is 28.8. The quantitative estimate of drug-likeness (QED) is 0.0385. The zero-order valence-corrected chi connectivity index (χ0v) is 29.9. The highest BCUT2D eigenvalue weighted by Crippen LogP contribution is 2.15. The summed E-state index contributed by atoms with van der Waals surface area (Å²) in [4.78, 5) is 24.6. The van der Waals surface area contributed by atoms with Crippen molar-refractivity contribution in [3.05, 3.63) is 0 Å². The summed E-state index contributed by atoms with van der Waals surface area (Å²) >= 11 is 5.97. The Bertz CT molecular complexity index is 735. The second-order valence-electron chi connectivity index (χ2n) is 12.9. The summed E-state index contributed by atoms with van der Waals surface area (Å²) in [6, 6.07) is 0. The number of carbonyl (C=O) groups excluding carboxylic acids is 2. The van der Waals surface area contributed by atoms with E-state index in [0.29, 0.717) is 12.8 Å². The number of ether oxygens (including phenoxy) is 2. The van der Waals surface area contributed by atoms with Gasteiger partial charge in [0.2, 0.25) is 0 Å². The van der Waals surface area contributed by atoms with E-state index in [0.717, 1.165) is 38.5 Å². The molecule has 0 aromatic heterocycles. The molecule has 44 heavy (non-hydrogen) atoms. The van der Waals surface area contributed by atoms with E-state index in [1.807, 2.05) is 0 Å². The van der Waals surface area contributed by atoms with Crippen molar-refractivity contribution >= 4 is 23.5 Å². The molecule has 4 nitrogen and oxygen atoms in total. The third-order valence-electron chi connectivity index (χ3n) is 8.48. The molecule has 262 valence electrons. The lowest BCUT2D eigenvalue weighted by molar-refractivity contribution is -0.146. The van der Waals surface area contributed by atoms with E-state index in [4.69, 9.17) is 27.9 Å². The highest BCUT2D eigenvalue weighted by Gasteiger charge is 2.12. The van der Waals surface area contributed by atoms with Crippen LogP contribution in [0, 0.1) is 0 Å². The molecule has 0 heterocycles. The zero-order valence-electron chi connectivity index (χ0n) is 34.1. The molecule has 0 bridgehead atoms. The fraction of sp³-hybridized carbons (Fsp3) is 0.949. The van der Waals surface area contributed by atoms with Crippen LogP contribution in [0.3, 0.4) is 0 Å². The number of esters is 2. The van der Waals surface area contributed by atoms with Crippen molar-refractivity contribution in [2.75, 3.05) is 13.1 Å². The van der Waals surface area contributed by atoms with Crippen molar-refractivity contribution in [3.8, 4) is 0 Å². The van der Waals surface area contributed by atoms with Gasteiger partial charge >= 0.3 is 11.9 Å². The summed E-state index contributed by atoms with van der Waals surface area (Å²) < 4.78 is 50.0. The Hall–Kier alpha value is -0.770. The Balaban J connectivity index is 4.02. The lowest BCUT2D eigenvalue weighted by Gasteiger charge is -2.11. The molecule has 0 saturated carbocycles. The molecule has 0 amide bonds. The van der Waals surface area contributed by atoms with Gasteiger partial charge in [-0.05, 0) is 12.8 Å². The fourth-order valence-corrected chi connectivity index (χ4v) is 5.68. The van der Waals surface area contributed by atoms with Gasteiger partial charge in [0.15, 0.2) is 0 Å². The number of halogens is 1. The molecule has 0 spiro atoms. The van der Waals surface area contributed by atoms with E-state index in [9.17, 15) is 9.59 Å². The summed E-state index contributed by atoms with van der Waals surface area (Å²) in [5, 5.41) is -3.17. The Labute approximate surface area is 286 Å². The largest absolute Gasteiger partial charge is 0.464 e. The Morgan fingerprint density at radius 2 is 0.659 bits per heavy atom. The van der Waals surface area contributed by atoms with Gasteiger partial charge in [-0.1, -0.05) is 194 Å². The minimum atomic E-state index is -3.21. The third kappa shape index (κ3) is 35.7. The highest BCUT2D eigenvalue weighted by atomic mass is 35.5. The van der Waals surface area contributed by atoms with Crippen molar-refractivity contribution in [1.82, 2.24) is 0 Å². The Morgan fingerprint density at radius 1 is 0.455 bits per heavy atom. The van der Waals surface area contributed by atoms with Crippen molar-refractivity contribution in [2.24, 2.45) is 0 Å². The van der Waals surface area contributed by atoms with Crippen LogP contribution in [0.2, 0.25) is 0 Å². The van der Waals surface area contributed by atoms with Crippen LogP contribution in [0.25, 0.3) is 0 Å². The number of alkyl halides is 1. The monoisotopic (exact) mass is 648 g/mol. The van der Waals surface area contributed by atoms with Crippen molar-refractivity contribution in [3.63, 3.8) is 0 Å². The molecule has 0 aliphatic carbocycles. The van der Waals surface area contributed by atoms with Gasteiger partial charge in [-0.2, -0.15) is 0 Å². The maximum atomic E-state index is 12.3. The molecule has 0 saturated heterocycles. The van der Waals surface area contributed by atoms with Crippen LogP contribution >= 0.6 is 11.6 Å². The molecular formula is C39H75ClO4. The molecule has 0 aliphatic rings. The predicted molar refractivity (Wildman–Crippen MR) is 191 cm³/mol. The molecule has 0 rings (SSSR count). The van der Waals surface area contributed by atoms with Crippen LogP contribution in [0.15, 0.2) is 0 Å². The molecule has 0 aromatic rings. The first kappa shape index (κ1) is 34.6. The van der Waals surface area contributed by atoms with Crippen LogP contribution in [0.4, 0.5) is 0 Å². The van der Waals surface area contributed by atoms with Gasteiger partial charge < -0.3 is 9.47 Å².